The van der Waals surface area contributed by atoms with Crippen molar-refractivity contribution in [2.45, 2.75) is 39.2 Å². The van der Waals surface area contributed by atoms with Crippen LogP contribution >= 0.6 is 0 Å². The van der Waals surface area contributed by atoms with Crippen LogP contribution in [0, 0.1) is 0 Å². The largest absolute Gasteiger partial charge is 0.341 e. The second-order valence-corrected chi connectivity index (χ2v) is 4.08. The fraction of sp³-hybridized carbons (Fsp3) is 0.750. The van der Waals surface area contributed by atoms with Crippen LogP contribution in [0.2, 0.25) is 0 Å². The van der Waals surface area contributed by atoms with E-state index in [-0.39, 0.29) is 11.9 Å². The lowest BCUT2D eigenvalue weighted by Gasteiger charge is -2.29. The molecule has 1 aliphatic rings. The smallest absolute Gasteiger partial charge is 0.239 e. The third-order valence-corrected chi connectivity index (χ3v) is 2.82. The average Bonchev–Trinajstić information content (AvgIpc) is 2.29. The van der Waals surface area contributed by atoms with E-state index in [2.05, 4.69) is 5.32 Å². The van der Waals surface area contributed by atoms with Gasteiger partial charge in [0.05, 0.1) is 6.04 Å². The van der Waals surface area contributed by atoms with Crippen molar-refractivity contribution in [2.75, 3.05) is 19.6 Å². The highest BCUT2D eigenvalue weighted by Crippen LogP contribution is 2.09. The Morgan fingerprint density at radius 1 is 1.40 bits per heavy atom. The first-order valence-corrected chi connectivity index (χ1v) is 5.89. The molecule has 3 heteroatoms. The Morgan fingerprint density at radius 3 is 2.67 bits per heavy atom. The first-order valence-electron chi connectivity index (χ1n) is 5.89. The number of piperidine rings is 1. The fourth-order valence-corrected chi connectivity index (χ4v) is 1.84. The Balaban J connectivity index is 2.30. The molecule has 1 N–H and O–H groups in total. The quantitative estimate of drug-likeness (QED) is 0.714. The molecule has 0 bridgehead atoms. The predicted octanol–water partition coefficient (Wildman–Crippen LogP) is 1.55. The molecule has 0 radical (unpaired) electrons. The van der Waals surface area contributed by atoms with Crippen molar-refractivity contribution in [3.8, 4) is 0 Å². The molecule has 1 atom stereocenters. The monoisotopic (exact) mass is 210 g/mol. The van der Waals surface area contributed by atoms with Crippen LogP contribution in [0.1, 0.15) is 33.1 Å². The van der Waals surface area contributed by atoms with Crippen molar-refractivity contribution >= 4 is 5.91 Å². The topological polar surface area (TPSA) is 32.3 Å². The summed E-state index contributed by atoms with van der Waals surface area (Å²) in [6, 6.07) is -0.0562. The van der Waals surface area contributed by atoms with Crippen molar-refractivity contribution in [3.63, 3.8) is 0 Å². The van der Waals surface area contributed by atoms with E-state index in [1.54, 1.807) is 0 Å². The molecule has 0 aliphatic carbocycles. The lowest BCUT2D eigenvalue weighted by Crippen LogP contribution is -2.46. The number of nitrogens with zero attached hydrogens (tertiary/aromatic N) is 1. The third-order valence-electron chi connectivity index (χ3n) is 2.82. The van der Waals surface area contributed by atoms with Crippen LogP contribution in [0.4, 0.5) is 0 Å². The average molecular weight is 210 g/mol. The first-order chi connectivity index (χ1) is 7.25. The minimum atomic E-state index is -0.0562. The summed E-state index contributed by atoms with van der Waals surface area (Å²) in [4.78, 5) is 13.9. The van der Waals surface area contributed by atoms with Gasteiger partial charge in [0.15, 0.2) is 0 Å². The van der Waals surface area contributed by atoms with Crippen LogP contribution in [0.3, 0.4) is 0 Å². The number of nitrogens with one attached hydrogen (secondary N) is 1. The van der Waals surface area contributed by atoms with Gasteiger partial charge in [-0.25, -0.2) is 0 Å². The van der Waals surface area contributed by atoms with E-state index in [9.17, 15) is 4.79 Å². The van der Waals surface area contributed by atoms with Crippen molar-refractivity contribution in [2.24, 2.45) is 0 Å². The number of carbonyl (C=O) groups is 1. The molecule has 3 nitrogen and oxygen atoms in total. The maximum Gasteiger partial charge on any atom is 0.239 e. The molecule has 15 heavy (non-hydrogen) atoms. The molecular weight excluding hydrogens is 188 g/mol. The van der Waals surface area contributed by atoms with E-state index in [1.165, 1.54) is 6.42 Å². The lowest BCUT2D eigenvalue weighted by atomic mass is 10.1. The second kappa shape index (κ2) is 6.62. The normalized spacial score (nSPS) is 19.5. The van der Waals surface area contributed by atoms with Crippen LogP contribution in [0.5, 0.6) is 0 Å². The number of hydrogen-bond acceptors (Lipinski definition) is 2. The molecule has 0 aromatic rings. The summed E-state index contributed by atoms with van der Waals surface area (Å²) in [6.07, 6.45) is 7.61. The van der Waals surface area contributed by atoms with Gasteiger partial charge in [0.1, 0.15) is 0 Å². The van der Waals surface area contributed by atoms with E-state index in [4.69, 9.17) is 0 Å². The highest BCUT2D eigenvalue weighted by Gasteiger charge is 2.20. The Labute approximate surface area is 92.5 Å². The maximum atomic E-state index is 11.9. The molecule has 1 unspecified atom stereocenters. The van der Waals surface area contributed by atoms with Gasteiger partial charge in [-0.3, -0.25) is 4.79 Å². The van der Waals surface area contributed by atoms with Gasteiger partial charge in [0.2, 0.25) is 5.91 Å². The van der Waals surface area contributed by atoms with Crippen LogP contribution in [-0.2, 0) is 4.79 Å². The standard InChI is InChI=1S/C12H22N2O/c1-3-4-8-13-11(2)12(15)14-9-6-5-7-10-14/h3-4,11,13H,5-10H2,1-2H3/b4-3+. The zero-order valence-corrected chi connectivity index (χ0v) is 9.83. The number of likely N-dealkylation sites (tertiary alicyclic amines) is 1. The highest BCUT2D eigenvalue weighted by molar-refractivity contribution is 5.81. The molecule has 0 spiro atoms. The van der Waals surface area contributed by atoms with Crippen molar-refractivity contribution in [3.05, 3.63) is 12.2 Å². The summed E-state index contributed by atoms with van der Waals surface area (Å²) in [7, 11) is 0. The zero-order chi connectivity index (χ0) is 11.1. The molecule has 0 saturated carbocycles. The van der Waals surface area contributed by atoms with Gasteiger partial charge in [0, 0.05) is 19.6 Å². The lowest BCUT2D eigenvalue weighted by molar-refractivity contribution is -0.133. The Hall–Kier alpha value is -0.830. The summed E-state index contributed by atoms with van der Waals surface area (Å²) >= 11 is 0. The Kier molecular flexibility index (Phi) is 5.40. The van der Waals surface area contributed by atoms with Crippen LogP contribution in [0.25, 0.3) is 0 Å². The van der Waals surface area contributed by atoms with Crippen LogP contribution < -0.4 is 5.32 Å². The van der Waals surface area contributed by atoms with Crippen LogP contribution in [-0.4, -0.2) is 36.5 Å². The van der Waals surface area contributed by atoms with E-state index in [0.29, 0.717) is 0 Å². The molecule has 86 valence electrons. The van der Waals surface area contributed by atoms with E-state index >= 15 is 0 Å². The Bertz CT molecular complexity index is 220. The van der Waals surface area contributed by atoms with Crippen molar-refractivity contribution in [1.82, 2.24) is 10.2 Å². The number of rotatable bonds is 4. The molecular formula is C12H22N2O. The fourth-order valence-electron chi connectivity index (χ4n) is 1.84. The second-order valence-electron chi connectivity index (χ2n) is 4.08. The van der Waals surface area contributed by atoms with E-state index < -0.39 is 0 Å². The minimum absolute atomic E-state index is 0.0562. The van der Waals surface area contributed by atoms with E-state index in [0.717, 1.165) is 32.5 Å². The number of amides is 1. The molecule has 1 saturated heterocycles. The molecule has 1 fully saturated rings. The third kappa shape index (κ3) is 4.04. The zero-order valence-electron chi connectivity index (χ0n) is 9.83. The van der Waals surface area contributed by atoms with Gasteiger partial charge in [0.25, 0.3) is 0 Å². The van der Waals surface area contributed by atoms with Gasteiger partial charge in [-0.2, -0.15) is 0 Å². The molecule has 0 aromatic carbocycles. The maximum absolute atomic E-state index is 11.9. The van der Waals surface area contributed by atoms with Crippen molar-refractivity contribution in [1.29, 1.82) is 0 Å². The Morgan fingerprint density at radius 2 is 2.07 bits per heavy atom. The van der Waals surface area contributed by atoms with Gasteiger partial charge < -0.3 is 10.2 Å². The summed E-state index contributed by atoms with van der Waals surface area (Å²) in [5.74, 6) is 0.249. The summed E-state index contributed by atoms with van der Waals surface area (Å²) < 4.78 is 0. The number of allylic oxidation sites excluding steroid dienone is 1. The molecule has 1 heterocycles. The summed E-state index contributed by atoms with van der Waals surface area (Å²) in [6.45, 7) is 6.58. The van der Waals surface area contributed by atoms with E-state index in [1.807, 2.05) is 30.9 Å². The van der Waals surface area contributed by atoms with Gasteiger partial charge in [-0.05, 0) is 33.1 Å². The first kappa shape index (κ1) is 12.2. The predicted molar refractivity (Wildman–Crippen MR) is 62.7 cm³/mol. The molecule has 0 aromatic heterocycles. The molecule has 1 amide bonds. The van der Waals surface area contributed by atoms with Gasteiger partial charge in [-0.15, -0.1) is 0 Å². The van der Waals surface area contributed by atoms with Crippen LogP contribution in [0.15, 0.2) is 12.2 Å². The molecule has 1 aliphatic heterocycles. The SMILES string of the molecule is C/C=C/CNC(C)C(=O)N1CCCCC1. The minimum Gasteiger partial charge on any atom is -0.341 e. The van der Waals surface area contributed by atoms with Crippen molar-refractivity contribution < 1.29 is 4.79 Å². The summed E-state index contributed by atoms with van der Waals surface area (Å²) in [5.41, 5.74) is 0. The summed E-state index contributed by atoms with van der Waals surface area (Å²) in [5, 5.41) is 3.20. The van der Waals surface area contributed by atoms with Gasteiger partial charge >= 0.3 is 0 Å². The number of carbonyl (C=O) groups excluding carboxylic acids is 1. The molecule has 1 rings (SSSR count). The number of hydrogen-bond donors (Lipinski definition) is 1. The highest BCUT2D eigenvalue weighted by atomic mass is 16.2. The van der Waals surface area contributed by atoms with Gasteiger partial charge in [-0.1, -0.05) is 12.2 Å².